The van der Waals surface area contributed by atoms with Crippen LogP contribution in [0, 0.1) is 0 Å². The van der Waals surface area contributed by atoms with E-state index in [0.717, 1.165) is 5.69 Å². The fraction of sp³-hybridized carbons (Fsp3) is 0.500. The van der Waals surface area contributed by atoms with Crippen LogP contribution in [0.2, 0.25) is 0 Å². The Morgan fingerprint density at radius 3 is 2.40 bits per heavy atom. The van der Waals surface area contributed by atoms with Crippen molar-refractivity contribution in [3.63, 3.8) is 0 Å². The Hall–Kier alpha value is -1.25. The van der Waals surface area contributed by atoms with Gasteiger partial charge in [0.2, 0.25) is 0 Å². The summed E-state index contributed by atoms with van der Waals surface area (Å²) in [6, 6.07) is 0. The van der Waals surface area contributed by atoms with E-state index in [9.17, 15) is 4.39 Å². The molecule has 1 aromatic heterocycles. The summed E-state index contributed by atoms with van der Waals surface area (Å²) < 4.78 is 13.0. The Morgan fingerprint density at radius 2 is 2.00 bits per heavy atom. The highest BCUT2D eigenvalue weighted by Gasteiger charge is 2.25. The first-order chi connectivity index (χ1) is 7.31. The van der Waals surface area contributed by atoms with E-state index in [-0.39, 0.29) is 5.83 Å². The van der Waals surface area contributed by atoms with E-state index in [0.29, 0.717) is 11.6 Å². The van der Waals surface area contributed by atoms with E-state index in [1.165, 1.54) is 25.1 Å². The molecular weight excluding hydrogens is 191 g/mol. The quantitative estimate of drug-likeness (QED) is 0.740. The molecular formula is C12H17FN2. The lowest BCUT2D eigenvalue weighted by molar-refractivity contribution is 0.747. The summed E-state index contributed by atoms with van der Waals surface area (Å²) in [6.07, 6.45) is 6.96. The lowest BCUT2D eigenvalue weighted by Crippen LogP contribution is -1.91. The van der Waals surface area contributed by atoms with E-state index in [2.05, 4.69) is 9.97 Å². The van der Waals surface area contributed by atoms with Crippen LogP contribution in [0.5, 0.6) is 0 Å². The minimum absolute atomic E-state index is 0.310. The van der Waals surface area contributed by atoms with E-state index in [1.807, 2.05) is 13.8 Å². The molecule has 0 aromatic carbocycles. The number of hydrogen-bond donors (Lipinski definition) is 0. The largest absolute Gasteiger partial charge is 0.257 e. The van der Waals surface area contributed by atoms with Gasteiger partial charge in [0.15, 0.2) is 0 Å². The second-order valence-corrected chi connectivity index (χ2v) is 3.24. The molecule has 2 rings (SSSR count). The minimum Gasteiger partial charge on any atom is -0.257 e. The monoisotopic (exact) mass is 208 g/mol. The Bertz CT molecular complexity index is 326. The van der Waals surface area contributed by atoms with Crippen molar-refractivity contribution in [3.05, 3.63) is 29.9 Å². The number of hydrogen-bond acceptors (Lipinski definition) is 2. The average molecular weight is 208 g/mol. The molecule has 0 spiro atoms. The summed E-state index contributed by atoms with van der Waals surface area (Å²) in [7, 11) is 0. The van der Waals surface area contributed by atoms with E-state index in [1.54, 1.807) is 13.1 Å². The van der Waals surface area contributed by atoms with Gasteiger partial charge in [-0.3, -0.25) is 9.97 Å². The Labute approximate surface area is 90.3 Å². The minimum atomic E-state index is -0.310. The van der Waals surface area contributed by atoms with Crippen LogP contribution in [0.15, 0.2) is 18.5 Å². The summed E-state index contributed by atoms with van der Waals surface area (Å²) in [5.74, 6) is 0.269. The van der Waals surface area contributed by atoms with Gasteiger partial charge < -0.3 is 0 Å². The first-order valence-electron chi connectivity index (χ1n) is 5.45. The Balaban J connectivity index is 0.000000531. The molecule has 0 atom stereocenters. The summed E-state index contributed by atoms with van der Waals surface area (Å²) in [4.78, 5) is 8.17. The molecule has 15 heavy (non-hydrogen) atoms. The van der Waals surface area contributed by atoms with Gasteiger partial charge in [0.25, 0.3) is 0 Å². The molecule has 1 aliphatic carbocycles. The molecule has 1 saturated carbocycles. The summed E-state index contributed by atoms with van der Waals surface area (Å²) in [5.41, 5.74) is 1.32. The molecule has 0 unspecified atom stereocenters. The molecule has 3 heteroatoms. The van der Waals surface area contributed by atoms with Gasteiger partial charge in [-0.2, -0.15) is 0 Å². The molecule has 2 nitrogen and oxygen atoms in total. The van der Waals surface area contributed by atoms with Gasteiger partial charge in [-0.05, 0) is 25.8 Å². The molecule has 1 aromatic rings. The van der Waals surface area contributed by atoms with Crippen molar-refractivity contribution in [2.75, 3.05) is 0 Å². The highest BCUT2D eigenvalue weighted by molar-refractivity contribution is 5.53. The van der Waals surface area contributed by atoms with Crippen molar-refractivity contribution in [1.29, 1.82) is 0 Å². The van der Waals surface area contributed by atoms with Gasteiger partial charge in [-0.15, -0.1) is 0 Å². The molecule has 1 heterocycles. The molecule has 0 bridgehead atoms. The second kappa shape index (κ2) is 5.59. The maximum atomic E-state index is 13.0. The van der Waals surface area contributed by atoms with Crippen LogP contribution >= 0.6 is 0 Å². The van der Waals surface area contributed by atoms with E-state index < -0.39 is 0 Å². The molecule has 1 aliphatic rings. The first-order valence-corrected chi connectivity index (χ1v) is 5.45. The van der Waals surface area contributed by atoms with Gasteiger partial charge >= 0.3 is 0 Å². The molecule has 0 radical (unpaired) electrons. The normalized spacial score (nSPS) is 15.6. The SMILES string of the molecule is C/C=C(\F)c1cnc(C2CC2)cn1.CC. The van der Waals surface area contributed by atoms with Crippen LogP contribution in [0.3, 0.4) is 0 Å². The molecule has 0 aliphatic heterocycles. The zero-order chi connectivity index (χ0) is 11.3. The average Bonchev–Trinajstić information content (AvgIpc) is 3.15. The topological polar surface area (TPSA) is 25.8 Å². The van der Waals surface area contributed by atoms with Gasteiger partial charge in [0.05, 0.1) is 11.9 Å². The van der Waals surface area contributed by atoms with E-state index >= 15 is 0 Å². The third kappa shape index (κ3) is 3.11. The van der Waals surface area contributed by atoms with Crippen molar-refractivity contribution >= 4 is 5.83 Å². The van der Waals surface area contributed by atoms with Crippen molar-refractivity contribution in [3.8, 4) is 0 Å². The fourth-order valence-electron chi connectivity index (χ4n) is 1.20. The van der Waals surface area contributed by atoms with Crippen molar-refractivity contribution in [2.45, 2.75) is 39.5 Å². The molecule has 1 fully saturated rings. The molecule has 0 amide bonds. The van der Waals surface area contributed by atoms with Crippen LogP contribution < -0.4 is 0 Å². The summed E-state index contributed by atoms with van der Waals surface area (Å²) in [6.45, 7) is 5.64. The zero-order valence-corrected chi connectivity index (χ0v) is 9.50. The van der Waals surface area contributed by atoms with Crippen LogP contribution in [-0.2, 0) is 0 Å². The third-order valence-electron chi connectivity index (χ3n) is 2.17. The van der Waals surface area contributed by atoms with Crippen LogP contribution in [-0.4, -0.2) is 9.97 Å². The maximum Gasteiger partial charge on any atom is 0.146 e. The predicted molar refractivity (Wildman–Crippen MR) is 60.1 cm³/mol. The molecule has 0 saturated heterocycles. The van der Waals surface area contributed by atoms with Crippen molar-refractivity contribution < 1.29 is 4.39 Å². The number of rotatable bonds is 2. The second-order valence-electron chi connectivity index (χ2n) is 3.24. The molecule has 0 N–H and O–H groups in total. The number of halogens is 1. The highest BCUT2D eigenvalue weighted by atomic mass is 19.1. The lowest BCUT2D eigenvalue weighted by atomic mass is 10.3. The standard InChI is InChI=1S/C10H11FN2.C2H6/c1-2-8(11)10-6-12-9(5-13-10)7-3-4-7;1-2/h2,5-7H,3-4H2,1H3;1-2H3/b8-2-;. The zero-order valence-electron chi connectivity index (χ0n) is 9.50. The highest BCUT2D eigenvalue weighted by Crippen LogP contribution is 2.38. The number of nitrogens with zero attached hydrogens (tertiary/aromatic N) is 2. The van der Waals surface area contributed by atoms with Crippen LogP contribution in [0.4, 0.5) is 4.39 Å². The third-order valence-corrected chi connectivity index (χ3v) is 2.17. The lowest BCUT2D eigenvalue weighted by Gasteiger charge is -1.98. The number of aromatic nitrogens is 2. The maximum absolute atomic E-state index is 13.0. The molecule has 82 valence electrons. The summed E-state index contributed by atoms with van der Waals surface area (Å²) in [5, 5.41) is 0. The Kier molecular flexibility index (Phi) is 4.40. The van der Waals surface area contributed by atoms with Crippen LogP contribution in [0.1, 0.15) is 50.9 Å². The Morgan fingerprint density at radius 1 is 1.33 bits per heavy atom. The van der Waals surface area contributed by atoms with Crippen LogP contribution in [0.25, 0.3) is 5.83 Å². The fourth-order valence-corrected chi connectivity index (χ4v) is 1.20. The number of allylic oxidation sites excluding steroid dienone is 1. The predicted octanol–water partition coefficient (Wildman–Crippen LogP) is 3.71. The van der Waals surface area contributed by atoms with Gasteiger partial charge in [-0.1, -0.05) is 13.8 Å². The van der Waals surface area contributed by atoms with E-state index in [4.69, 9.17) is 0 Å². The van der Waals surface area contributed by atoms with Crippen molar-refractivity contribution in [1.82, 2.24) is 9.97 Å². The smallest absolute Gasteiger partial charge is 0.146 e. The van der Waals surface area contributed by atoms with Crippen molar-refractivity contribution in [2.24, 2.45) is 0 Å². The van der Waals surface area contributed by atoms with Gasteiger partial charge in [-0.25, -0.2) is 4.39 Å². The van der Waals surface area contributed by atoms with Gasteiger partial charge in [0, 0.05) is 12.1 Å². The first kappa shape index (κ1) is 11.8. The van der Waals surface area contributed by atoms with Gasteiger partial charge in [0.1, 0.15) is 11.5 Å². The summed E-state index contributed by atoms with van der Waals surface area (Å²) >= 11 is 0.